The molecule has 0 radical (unpaired) electrons. The van der Waals surface area contributed by atoms with E-state index in [-0.39, 0.29) is 18.5 Å². The summed E-state index contributed by atoms with van der Waals surface area (Å²) in [4.78, 5) is 11.5. The molecule has 0 spiro atoms. The maximum atomic E-state index is 11.5. The molecule has 0 saturated carbocycles. The average Bonchev–Trinajstić information content (AvgIpc) is 2.36. The first kappa shape index (κ1) is 14.4. The van der Waals surface area contributed by atoms with Crippen LogP contribution in [0.4, 0.5) is 5.69 Å². The van der Waals surface area contributed by atoms with Crippen molar-refractivity contribution in [1.29, 1.82) is 0 Å². The molecule has 0 atom stereocenters. The maximum absolute atomic E-state index is 11.5. The van der Waals surface area contributed by atoms with Gasteiger partial charge in [0.25, 0.3) is 0 Å². The third-order valence-electron chi connectivity index (χ3n) is 2.64. The van der Waals surface area contributed by atoms with Crippen molar-refractivity contribution in [2.24, 2.45) is 0 Å². The highest BCUT2D eigenvalue weighted by Crippen LogP contribution is 2.14. The van der Waals surface area contributed by atoms with Gasteiger partial charge in [0.15, 0.2) is 0 Å². The number of rotatable bonds is 7. The average molecular weight is 251 g/mol. The first-order valence-corrected chi connectivity index (χ1v) is 6.33. The van der Waals surface area contributed by atoms with Gasteiger partial charge in [0.2, 0.25) is 0 Å². The molecule has 0 unspecified atom stereocenters. The van der Waals surface area contributed by atoms with E-state index in [4.69, 9.17) is 15.2 Å². The molecule has 0 aliphatic carbocycles. The van der Waals surface area contributed by atoms with Crippen molar-refractivity contribution in [1.82, 2.24) is 0 Å². The highest BCUT2D eigenvalue weighted by molar-refractivity contribution is 5.69. The molecule has 0 saturated heterocycles. The van der Waals surface area contributed by atoms with Gasteiger partial charge in [-0.3, -0.25) is 4.79 Å². The Labute approximate surface area is 108 Å². The SMILES string of the molecule is CCC(CC)OC(=O)CCOc1cccc(N)c1. The van der Waals surface area contributed by atoms with Crippen LogP contribution in [0.25, 0.3) is 0 Å². The van der Waals surface area contributed by atoms with Crippen LogP contribution < -0.4 is 10.5 Å². The Balaban J connectivity index is 2.27. The van der Waals surface area contributed by atoms with Gasteiger partial charge in [-0.25, -0.2) is 0 Å². The minimum absolute atomic E-state index is 0.0184. The molecule has 0 amide bonds. The summed E-state index contributed by atoms with van der Waals surface area (Å²) in [5.41, 5.74) is 6.27. The van der Waals surface area contributed by atoms with Gasteiger partial charge in [0.05, 0.1) is 13.0 Å². The highest BCUT2D eigenvalue weighted by Gasteiger charge is 2.10. The second-order valence-corrected chi connectivity index (χ2v) is 4.10. The van der Waals surface area contributed by atoms with Gasteiger partial charge in [-0.15, -0.1) is 0 Å². The minimum Gasteiger partial charge on any atom is -0.493 e. The van der Waals surface area contributed by atoms with Crippen molar-refractivity contribution in [3.05, 3.63) is 24.3 Å². The lowest BCUT2D eigenvalue weighted by Crippen LogP contribution is -2.18. The van der Waals surface area contributed by atoms with Crippen LogP contribution in [0, 0.1) is 0 Å². The van der Waals surface area contributed by atoms with Crippen LogP contribution in [0.3, 0.4) is 0 Å². The quantitative estimate of drug-likeness (QED) is 0.598. The lowest BCUT2D eigenvalue weighted by atomic mass is 10.2. The Bertz CT molecular complexity index is 375. The number of esters is 1. The van der Waals surface area contributed by atoms with Crippen LogP contribution in [-0.2, 0) is 9.53 Å². The Morgan fingerprint density at radius 2 is 2.06 bits per heavy atom. The van der Waals surface area contributed by atoms with E-state index in [1.165, 1.54) is 0 Å². The molecule has 1 aromatic carbocycles. The van der Waals surface area contributed by atoms with Gasteiger partial charge in [-0.05, 0) is 25.0 Å². The Morgan fingerprint density at radius 3 is 2.67 bits per heavy atom. The lowest BCUT2D eigenvalue weighted by molar-refractivity contribution is -0.149. The zero-order valence-electron chi connectivity index (χ0n) is 11.0. The van der Waals surface area contributed by atoms with E-state index in [1.54, 1.807) is 12.1 Å². The van der Waals surface area contributed by atoms with Gasteiger partial charge >= 0.3 is 5.97 Å². The molecular weight excluding hydrogens is 230 g/mol. The fraction of sp³-hybridized carbons (Fsp3) is 0.500. The largest absolute Gasteiger partial charge is 0.493 e. The molecule has 18 heavy (non-hydrogen) atoms. The van der Waals surface area contributed by atoms with E-state index < -0.39 is 0 Å². The lowest BCUT2D eigenvalue weighted by Gasteiger charge is -2.14. The first-order chi connectivity index (χ1) is 8.65. The Kier molecular flexibility index (Phi) is 6.05. The molecule has 0 aromatic heterocycles. The molecule has 1 rings (SSSR count). The minimum atomic E-state index is -0.215. The van der Waals surface area contributed by atoms with Gasteiger partial charge in [-0.2, -0.15) is 0 Å². The smallest absolute Gasteiger partial charge is 0.309 e. The van der Waals surface area contributed by atoms with Gasteiger partial charge < -0.3 is 15.2 Å². The molecule has 4 nitrogen and oxygen atoms in total. The fourth-order valence-corrected chi connectivity index (χ4v) is 1.56. The number of benzene rings is 1. The summed E-state index contributed by atoms with van der Waals surface area (Å²) in [6.45, 7) is 4.32. The van der Waals surface area contributed by atoms with Crippen LogP contribution >= 0.6 is 0 Å². The van der Waals surface area contributed by atoms with Crippen LogP contribution in [-0.4, -0.2) is 18.7 Å². The molecular formula is C14H21NO3. The van der Waals surface area contributed by atoms with Crippen molar-refractivity contribution in [3.63, 3.8) is 0 Å². The van der Waals surface area contributed by atoms with Crippen molar-refractivity contribution in [2.75, 3.05) is 12.3 Å². The molecule has 0 fully saturated rings. The summed E-state index contributed by atoms with van der Waals surface area (Å²) in [6.07, 6.45) is 1.96. The van der Waals surface area contributed by atoms with Crippen LogP contribution in [0.5, 0.6) is 5.75 Å². The van der Waals surface area contributed by atoms with Crippen molar-refractivity contribution in [2.45, 2.75) is 39.2 Å². The summed E-state index contributed by atoms with van der Waals surface area (Å²) < 4.78 is 10.7. The van der Waals surface area contributed by atoms with Crippen LogP contribution in [0.2, 0.25) is 0 Å². The Hall–Kier alpha value is -1.71. The number of nitrogens with two attached hydrogens (primary N) is 1. The normalized spacial score (nSPS) is 10.4. The van der Waals surface area contributed by atoms with Crippen molar-refractivity contribution < 1.29 is 14.3 Å². The standard InChI is InChI=1S/C14H21NO3/c1-3-12(4-2)18-14(16)8-9-17-13-7-5-6-11(15)10-13/h5-7,10,12H,3-4,8-9,15H2,1-2H3. The molecule has 0 heterocycles. The predicted octanol–water partition coefficient (Wildman–Crippen LogP) is 2.77. The number of nitrogen functional groups attached to an aromatic ring is 1. The maximum Gasteiger partial charge on any atom is 0.309 e. The molecule has 0 aliphatic rings. The van der Waals surface area contributed by atoms with Crippen LogP contribution in [0.15, 0.2) is 24.3 Å². The van der Waals surface area contributed by atoms with Crippen molar-refractivity contribution >= 4 is 11.7 Å². The summed E-state index contributed by atoms with van der Waals surface area (Å²) in [5.74, 6) is 0.456. The number of anilines is 1. The molecule has 1 aromatic rings. The molecule has 0 bridgehead atoms. The van der Waals surface area contributed by atoms with Crippen molar-refractivity contribution in [3.8, 4) is 5.75 Å². The van der Waals surface area contributed by atoms with Gasteiger partial charge in [-0.1, -0.05) is 19.9 Å². The third kappa shape index (κ3) is 5.08. The van der Waals surface area contributed by atoms with Gasteiger partial charge in [0, 0.05) is 11.8 Å². The van der Waals surface area contributed by atoms with E-state index in [2.05, 4.69) is 0 Å². The van der Waals surface area contributed by atoms with Crippen LogP contribution in [0.1, 0.15) is 33.1 Å². The van der Waals surface area contributed by atoms with E-state index in [0.717, 1.165) is 12.8 Å². The zero-order valence-corrected chi connectivity index (χ0v) is 11.0. The summed E-state index contributed by atoms with van der Waals surface area (Å²) >= 11 is 0. The number of ether oxygens (including phenoxy) is 2. The zero-order chi connectivity index (χ0) is 13.4. The third-order valence-corrected chi connectivity index (χ3v) is 2.64. The number of hydrogen-bond acceptors (Lipinski definition) is 4. The van der Waals surface area contributed by atoms with E-state index in [1.807, 2.05) is 26.0 Å². The second-order valence-electron chi connectivity index (χ2n) is 4.10. The molecule has 0 aliphatic heterocycles. The fourth-order valence-electron chi connectivity index (χ4n) is 1.56. The number of carbonyl (C=O) groups excluding carboxylic acids is 1. The number of hydrogen-bond donors (Lipinski definition) is 1. The monoisotopic (exact) mass is 251 g/mol. The summed E-state index contributed by atoms with van der Waals surface area (Å²) in [7, 11) is 0. The van der Waals surface area contributed by atoms with E-state index in [9.17, 15) is 4.79 Å². The topological polar surface area (TPSA) is 61.5 Å². The summed E-state index contributed by atoms with van der Waals surface area (Å²) in [6, 6.07) is 7.14. The first-order valence-electron chi connectivity index (χ1n) is 6.33. The highest BCUT2D eigenvalue weighted by atomic mass is 16.5. The molecule has 2 N–H and O–H groups in total. The molecule has 4 heteroatoms. The van der Waals surface area contributed by atoms with E-state index in [0.29, 0.717) is 18.0 Å². The van der Waals surface area contributed by atoms with E-state index >= 15 is 0 Å². The second kappa shape index (κ2) is 7.58. The predicted molar refractivity (Wildman–Crippen MR) is 71.4 cm³/mol. The molecule has 100 valence electrons. The summed E-state index contributed by atoms with van der Waals surface area (Å²) in [5, 5.41) is 0. The number of carbonyl (C=O) groups is 1. The van der Waals surface area contributed by atoms with Gasteiger partial charge in [0.1, 0.15) is 11.9 Å². The Morgan fingerprint density at radius 1 is 1.33 bits per heavy atom.